The molecule has 4 nitrogen and oxygen atoms in total. The molecule has 84 valence electrons. The fraction of sp³-hybridized carbons (Fsp3) is 0.455. The van der Waals surface area contributed by atoms with E-state index in [1.807, 2.05) is 5.38 Å². The van der Waals surface area contributed by atoms with Crippen LogP contribution in [0.15, 0.2) is 17.8 Å². The number of nitrogens with zero attached hydrogens (tertiary/aromatic N) is 2. The van der Waals surface area contributed by atoms with Crippen LogP contribution in [-0.4, -0.2) is 28.7 Å². The SMILES string of the molecule is CC1OCCC1Nc1ncnc2sccc12. The summed E-state index contributed by atoms with van der Waals surface area (Å²) in [5.41, 5.74) is 0. The third-order valence-corrected chi connectivity index (χ3v) is 3.78. The monoisotopic (exact) mass is 235 g/mol. The lowest BCUT2D eigenvalue weighted by atomic mass is 10.1. The Kier molecular flexibility index (Phi) is 2.49. The molecule has 1 aliphatic heterocycles. The predicted octanol–water partition coefficient (Wildman–Crippen LogP) is 2.28. The zero-order chi connectivity index (χ0) is 11.0. The van der Waals surface area contributed by atoms with Crippen molar-refractivity contribution < 1.29 is 4.74 Å². The maximum absolute atomic E-state index is 5.53. The van der Waals surface area contributed by atoms with E-state index in [2.05, 4.69) is 28.3 Å². The first-order valence-electron chi connectivity index (χ1n) is 5.41. The molecule has 0 aliphatic carbocycles. The standard InChI is InChI=1S/C11H13N3OS/c1-7-9(2-4-15-7)14-10-8-3-5-16-11(8)13-6-12-10/h3,5-7,9H,2,4H2,1H3,(H,12,13,14). The third-order valence-electron chi connectivity index (χ3n) is 2.96. The topological polar surface area (TPSA) is 47.0 Å². The van der Waals surface area contributed by atoms with Crippen molar-refractivity contribution in [3.63, 3.8) is 0 Å². The summed E-state index contributed by atoms with van der Waals surface area (Å²) in [6, 6.07) is 2.42. The van der Waals surface area contributed by atoms with Crippen molar-refractivity contribution in [3.8, 4) is 0 Å². The zero-order valence-electron chi connectivity index (χ0n) is 9.01. The molecule has 0 bridgehead atoms. The average Bonchev–Trinajstić information content (AvgIpc) is 2.89. The van der Waals surface area contributed by atoms with E-state index in [9.17, 15) is 0 Å². The van der Waals surface area contributed by atoms with Crippen molar-refractivity contribution in [2.75, 3.05) is 11.9 Å². The molecule has 1 aliphatic rings. The van der Waals surface area contributed by atoms with Crippen LogP contribution in [0.25, 0.3) is 10.2 Å². The minimum Gasteiger partial charge on any atom is -0.376 e. The molecule has 1 N–H and O–H groups in total. The highest BCUT2D eigenvalue weighted by Crippen LogP contribution is 2.26. The Morgan fingerprint density at radius 3 is 3.25 bits per heavy atom. The Hall–Kier alpha value is -1.20. The van der Waals surface area contributed by atoms with Gasteiger partial charge in [0.15, 0.2) is 0 Å². The van der Waals surface area contributed by atoms with Gasteiger partial charge in [-0.25, -0.2) is 9.97 Å². The molecule has 3 rings (SSSR count). The van der Waals surface area contributed by atoms with Crippen LogP contribution in [0.5, 0.6) is 0 Å². The van der Waals surface area contributed by atoms with Gasteiger partial charge >= 0.3 is 0 Å². The van der Waals surface area contributed by atoms with Gasteiger partial charge in [0.05, 0.1) is 17.5 Å². The average molecular weight is 235 g/mol. The summed E-state index contributed by atoms with van der Waals surface area (Å²) in [6.07, 6.45) is 2.90. The van der Waals surface area contributed by atoms with E-state index in [4.69, 9.17) is 4.74 Å². The quantitative estimate of drug-likeness (QED) is 0.867. The van der Waals surface area contributed by atoms with E-state index in [-0.39, 0.29) is 6.10 Å². The summed E-state index contributed by atoms with van der Waals surface area (Å²) in [4.78, 5) is 9.57. The summed E-state index contributed by atoms with van der Waals surface area (Å²) in [7, 11) is 0. The fourth-order valence-corrected chi connectivity index (χ4v) is 2.73. The fourth-order valence-electron chi connectivity index (χ4n) is 2.00. The van der Waals surface area contributed by atoms with E-state index in [1.165, 1.54) is 0 Å². The maximum atomic E-state index is 5.53. The molecule has 2 atom stereocenters. The highest BCUT2D eigenvalue weighted by Gasteiger charge is 2.24. The largest absolute Gasteiger partial charge is 0.376 e. The Labute approximate surface area is 97.7 Å². The van der Waals surface area contributed by atoms with Crippen LogP contribution < -0.4 is 5.32 Å². The Bertz CT molecular complexity index is 499. The van der Waals surface area contributed by atoms with Crippen molar-refractivity contribution in [1.82, 2.24) is 9.97 Å². The van der Waals surface area contributed by atoms with Crippen LogP contribution in [0.1, 0.15) is 13.3 Å². The molecule has 0 saturated carbocycles. The lowest BCUT2D eigenvalue weighted by molar-refractivity contribution is 0.121. The second-order valence-corrected chi connectivity index (χ2v) is 4.87. The van der Waals surface area contributed by atoms with E-state index in [0.717, 1.165) is 29.1 Å². The Morgan fingerprint density at radius 2 is 2.44 bits per heavy atom. The van der Waals surface area contributed by atoms with Crippen molar-refractivity contribution >= 4 is 27.4 Å². The number of hydrogen-bond donors (Lipinski definition) is 1. The molecule has 1 fully saturated rings. The lowest BCUT2D eigenvalue weighted by Gasteiger charge is -2.16. The molecule has 0 aromatic carbocycles. The molecule has 0 amide bonds. The number of aromatic nitrogens is 2. The Morgan fingerprint density at radius 1 is 1.50 bits per heavy atom. The van der Waals surface area contributed by atoms with Gasteiger partial charge in [-0.05, 0) is 24.8 Å². The maximum Gasteiger partial charge on any atom is 0.138 e. The number of anilines is 1. The van der Waals surface area contributed by atoms with Crippen LogP contribution in [0, 0.1) is 0 Å². The normalized spacial score (nSPS) is 25.1. The number of fused-ring (bicyclic) bond motifs is 1. The van der Waals surface area contributed by atoms with E-state index >= 15 is 0 Å². The van der Waals surface area contributed by atoms with Crippen molar-refractivity contribution in [1.29, 1.82) is 0 Å². The molecule has 0 radical (unpaired) electrons. The summed E-state index contributed by atoms with van der Waals surface area (Å²) >= 11 is 1.64. The highest BCUT2D eigenvalue weighted by atomic mass is 32.1. The van der Waals surface area contributed by atoms with Gasteiger partial charge in [-0.15, -0.1) is 11.3 Å². The van der Waals surface area contributed by atoms with Gasteiger partial charge in [0.2, 0.25) is 0 Å². The van der Waals surface area contributed by atoms with Crippen LogP contribution in [0.4, 0.5) is 5.82 Å². The molecular formula is C11H13N3OS. The minimum absolute atomic E-state index is 0.253. The molecule has 2 aromatic rings. The lowest BCUT2D eigenvalue weighted by Crippen LogP contribution is -2.27. The number of nitrogens with one attached hydrogen (secondary N) is 1. The van der Waals surface area contributed by atoms with Gasteiger partial charge in [0, 0.05) is 6.61 Å². The van der Waals surface area contributed by atoms with Crippen molar-refractivity contribution in [3.05, 3.63) is 17.8 Å². The predicted molar refractivity (Wildman–Crippen MR) is 64.9 cm³/mol. The number of thiophene rings is 1. The van der Waals surface area contributed by atoms with Gasteiger partial charge in [0.25, 0.3) is 0 Å². The third kappa shape index (κ3) is 1.66. The van der Waals surface area contributed by atoms with Crippen molar-refractivity contribution in [2.45, 2.75) is 25.5 Å². The van der Waals surface area contributed by atoms with Crippen LogP contribution in [0.2, 0.25) is 0 Å². The summed E-state index contributed by atoms with van der Waals surface area (Å²) in [5, 5.41) is 6.59. The minimum atomic E-state index is 0.253. The Balaban J connectivity index is 1.91. The molecule has 1 saturated heterocycles. The van der Waals surface area contributed by atoms with E-state index < -0.39 is 0 Å². The molecule has 3 heterocycles. The van der Waals surface area contributed by atoms with Gasteiger partial charge in [-0.1, -0.05) is 0 Å². The summed E-state index contributed by atoms with van der Waals surface area (Å²) < 4.78 is 5.53. The van der Waals surface area contributed by atoms with Gasteiger partial charge in [-0.3, -0.25) is 0 Å². The van der Waals surface area contributed by atoms with Gasteiger partial charge in [-0.2, -0.15) is 0 Å². The number of rotatable bonds is 2. The summed E-state index contributed by atoms with van der Waals surface area (Å²) in [5.74, 6) is 0.925. The molecule has 2 unspecified atom stereocenters. The van der Waals surface area contributed by atoms with Gasteiger partial charge < -0.3 is 10.1 Å². The number of hydrogen-bond acceptors (Lipinski definition) is 5. The van der Waals surface area contributed by atoms with E-state index in [1.54, 1.807) is 17.7 Å². The first-order valence-corrected chi connectivity index (χ1v) is 6.29. The van der Waals surface area contributed by atoms with Crippen LogP contribution >= 0.6 is 11.3 Å². The van der Waals surface area contributed by atoms with E-state index in [0.29, 0.717) is 6.04 Å². The van der Waals surface area contributed by atoms with Crippen LogP contribution in [0.3, 0.4) is 0 Å². The van der Waals surface area contributed by atoms with Crippen molar-refractivity contribution in [2.24, 2.45) is 0 Å². The first-order chi connectivity index (χ1) is 7.84. The molecule has 2 aromatic heterocycles. The molecule has 0 spiro atoms. The smallest absolute Gasteiger partial charge is 0.138 e. The molecule has 16 heavy (non-hydrogen) atoms. The number of ether oxygens (including phenoxy) is 1. The second-order valence-electron chi connectivity index (χ2n) is 3.98. The zero-order valence-corrected chi connectivity index (χ0v) is 9.83. The first kappa shape index (κ1) is 9.99. The molecule has 5 heteroatoms. The second kappa shape index (κ2) is 3.99. The highest BCUT2D eigenvalue weighted by molar-refractivity contribution is 7.16. The van der Waals surface area contributed by atoms with Crippen LogP contribution in [-0.2, 0) is 4.74 Å². The summed E-state index contributed by atoms with van der Waals surface area (Å²) in [6.45, 7) is 2.92. The molecular weight excluding hydrogens is 222 g/mol. The van der Waals surface area contributed by atoms with Gasteiger partial charge in [0.1, 0.15) is 17.0 Å².